The molecule has 2 saturated heterocycles. The molecule has 0 radical (unpaired) electrons. The number of benzene rings is 2. The fraction of sp³-hybridized carbons (Fsp3) is 0.500. The minimum absolute atomic E-state index is 0.0556. The Hall–Kier alpha value is -7.07. The first-order valence-electron chi connectivity index (χ1n) is 30.5. The maximum absolute atomic E-state index is 14.1. The number of alkyl halides is 4. The fourth-order valence-electron chi connectivity index (χ4n) is 10.8. The minimum atomic E-state index is -2.73. The van der Waals surface area contributed by atoms with Crippen molar-refractivity contribution >= 4 is 44.9 Å². The number of halogens is 5. The van der Waals surface area contributed by atoms with E-state index >= 15 is 0 Å². The van der Waals surface area contributed by atoms with Gasteiger partial charge in [0.25, 0.3) is 23.0 Å². The lowest BCUT2D eigenvalue weighted by atomic mass is 10.2. The third-order valence-electron chi connectivity index (χ3n) is 15.8. The van der Waals surface area contributed by atoms with Crippen LogP contribution in [-0.2, 0) is 45.1 Å². The van der Waals surface area contributed by atoms with Crippen LogP contribution in [0.3, 0.4) is 0 Å². The van der Waals surface area contributed by atoms with Gasteiger partial charge in [0.2, 0.25) is 11.8 Å². The molecule has 8 aromatic rings. The Labute approximate surface area is 524 Å². The number of hydrogen-bond acceptors (Lipinski definition) is 14. The molecule has 2 saturated carbocycles. The second-order valence-electron chi connectivity index (χ2n) is 23.2. The van der Waals surface area contributed by atoms with Crippen LogP contribution in [0.15, 0.2) is 123 Å². The number of rotatable bonds is 23. The highest BCUT2D eigenvalue weighted by Gasteiger charge is 2.58. The third-order valence-corrected chi connectivity index (χ3v) is 16.7. The largest absolute Gasteiger partial charge is 0.477 e. The van der Waals surface area contributed by atoms with E-state index in [4.69, 9.17) is 33.4 Å². The van der Waals surface area contributed by atoms with Crippen molar-refractivity contribution in [2.24, 2.45) is 11.8 Å². The summed E-state index contributed by atoms with van der Waals surface area (Å²) >= 11 is 2.06. The van der Waals surface area contributed by atoms with E-state index in [0.29, 0.717) is 74.2 Å². The van der Waals surface area contributed by atoms with Crippen LogP contribution < -0.4 is 32.0 Å². The van der Waals surface area contributed by atoms with Gasteiger partial charge in [0, 0.05) is 76.7 Å². The molecule has 4 atom stereocenters. The van der Waals surface area contributed by atoms with Crippen LogP contribution in [0, 0.1) is 15.4 Å². The molecule has 12 rings (SSSR count). The van der Waals surface area contributed by atoms with Crippen LogP contribution >= 0.6 is 22.6 Å². The fourth-order valence-corrected chi connectivity index (χ4v) is 11.3. The van der Waals surface area contributed by atoms with E-state index in [1.165, 1.54) is 19.9 Å². The van der Waals surface area contributed by atoms with Crippen molar-refractivity contribution in [1.82, 2.24) is 47.3 Å². The predicted molar refractivity (Wildman–Crippen MR) is 334 cm³/mol. The van der Waals surface area contributed by atoms with E-state index in [2.05, 4.69) is 37.5 Å². The molecular formula is C64H75F4IN10O10. The second-order valence-corrected chi connectivity index (χ2v) is 24.4. The molecule has 20 nitrogen and oxygen atoms in total. The van der Waals surface area contributed by atoms with E-state index in [-0.39, 0.29) is 92.1 Å². The Bertz CT molecular complexity index is 3920. The molecular weight excluding hydrogens is 1270 g/mol. The lowest BCUT2D eigenvalue weighted by Gasteiger charge is -2.22. The van der Waals surface area contributed by atoms with E-state index in [0.717, 1.165) is 59.8 Å². The van der Waals surface area contributed by atoms with Crippen LogP contribution in [0.1, 0.15) is 115 Å². The zero-order valence-electron chi connectivity index (χ0n) is 50.4. The van der Waals surface area contributed by atoms with E-state index in [9.17, 15) is 36.7 Å². The summed E-state index contributed by atoms with van der Waals surface area (Å²) in [6, 6.07) is 26.1. The van der Waals surface area contributed by atoms with Crippen LogP contribution in [0.25, 0.3) is 33.7 Å². The average Bonchev–Trinajstić information content (AvgIpc) is 1.79. The summed E-state index contributed by atoms with van der Waals surface area (Å²) in [5, 5.41) is 0. The number of ether oxygens (including phenoxy) is 6. The van der Waals surface area contributed by atoms with Gasteiger partial charge < -0.3 is 37.6 Å². The number of fused-ring (bicyclic) bond motifs is 2. The molecule has 0 N–H and O–H groups in total. The summed E-state index contributed by atoms with van der Waals surface area (Å²) < 4.78 is 96.2. The van der Waals surface area contributed by atoms with Crippen molar-refractivity contribution in [3.05, 3.63) is 160 Å². The number of aromatic nitrogens is 10. The molecule has 6 aromatic heterocycles. The molecule has 476 valence electrons. The molecule has 2 unspecified atom stereocenters. The molecule has 4 aliphatic rings. The van der Waals surface area contributed by atoms with Crippen molar-refractivity contribution in [1.29, 1.82) is 0 Å². The lowest BCUT2D eigenvalue weighted by molar-refractivity contribution is -0.163. The van der Waals surface area contributed by atoms with Gasteiger partial charge in [-0.2, -0.15) is 0 Å². The first kappa shape index (κ1) is 64.9. The maximum atomic E-state index is 14.1. The molecule has 4 fully saturated rings. The van der Waals surface area contributed by atoms with E-state index in [1.54, 1.807) is 39.9 Å². The standard InChI is InChI=1S/C32H37F2N5O5.C23H30N4O4.C9H8F2INO/c1-21(2)39-28-26(30(40)37(31(39)41)15-9-17-43-25-13-6-7-16-42-25)38(19-22-10-4-3-5-11-22)27(36-28)24-12-8-14-35-29(24)44-20-23-18-32(23,33)34;1-17(2)27-21-20(25(16-24-21)15-18-9-4-3-5-10-18)22(28)26(23(27)29)12-8-14-31-19-11-6-7-13-30-19;10-9(11)4-6(9)5-14-8-7(12)2-1-3-13-8/h3-5,8,10-12,14,21,23,25H,6-7,9,13,15-20H2,1-2H3;3-5,9-10,16-17,19H,6-8,11-15H2,1-2H3;1-3,6H,4-5H2/t23-,25?;;6-/m1.1/s1. The summed E-state index contributed by atoms with van der Waals surface area (Å²) in [4.78, 5) is 71.9. The topological polar surface area (TPSA) is 205 Å². The van der Waals surface area contributed by atoms with Crippen molar-refractivity contribution in [3.63, 3.8) is 0 Å². The summed E-state index contributed by atoms with van der Waals surface area (Å²) in [5.41, 5.74) is 2.25. The molecule has 8 heterocycles. The number of imidazole rings is 2. The highest BCUT2D eigenvalue weighted by molar-refractivity contribution is 14.1. The van der Waals surface area contributed by atoms with Gasteiger partial charge in [0.05, 0.1) is 53.7 Å². The highest BCUT2D eigenvalue weighted by atomic mass is 127. The molecule has 0 bridgehead atoms. The van der Waals surface area contributed by atoms with Crippen LogP contribution in [0.2, 0.25) is 0 Å². The van der Waals surface area contributed by atoms with Crippen molar-refractivity contribution in [2.75, 3.05) is 39.6 Å². The average molecular weight is 1350 g/mol. The van der Waals surface area contributed by atoms with Gasteiger partial charge in [-0.05, 0) is 137 Å². The molecule has 2 aliphatic carbocycles. The molecule has 2 aromatic carbocycles. The summed E-state index contributed by atoms with van der Waals surface area (Å²) in [7, 11) is 0. The zero-order valence-corrected chi connectivity index (χ0v) is 52.5. The maximum Gasteiger partial charge on any atom is 0.332 e. The quantitative estimate of drug-likeness (QED) is 0.0332. The Morgan fingerprint density at radius 3 is 1.60 bits per heavy atom. The predicted octanol–water partition coefficient (Wildman–Crippen LogP) is 10.7. The highest BCUT2D eigenvalue weighted by Crippen LogP contribution is 2.49. The van der Waals surface area contributed by atoms with Crippen LogP contribution in [0.4, 0.5) is 17.6 Å². The van der Waals surface area contributed by atoms with Gasteiger partial charge >= 0.3 is 11.4 Å². The SMILES string of the molecule is CC(C)n1c(=O)n(CCCOC2CCCCO2)c(=O)c2c1nc(-c1cccnc1OC[C@H]1CC1(F)F)n2Cc1ccccc1.CC(C)n1c(=O)n(CCCOC2CCCCO2)c(=O)c2c1ncn2Cc1ccccc1.FC1(F)C[C@@H]1COc1ncccc1I. The van der Waals surface area contributed by atoms with Gasteiger partial charge in [-0.1, -0.05) is 60.7 Å². The second kappa shape index (κ2) is 29.3. The first-order valence-corrected chi connectivity index (χ1v) is 31.5. The molecule has 25 heteroatoms. The van der Waals surface area contributed by atoms with Crippen LogP contribution in [-0.4, -0.2) is 111 Å². The minimum Gasteiger partial charge on any atom is -0.477 e. The van der Waals surface area contributed by atoms with Crippen molar-refractivity contribution in [2.45, 2.75) is 155 Å². The Kier molecular flexibility index (Phi) is 21.3. The molecule has 2 aliphatic heterocycles. The summed E-state index contributed by atoms with van der Waals surface area (Å²) in [6.45, 7) is 10.9. The van der Waals surface area contributed by atoms with Gasteiger partial charge in [-0.25, -0.2) is 47.1 Å². The first-order chi connectivity index (χ1) is 42.9. The van der Waals surface area contributed by atoms with Crippen molar-refractivity contribution in [3.8, 4) is 23.1 Å². The molecule has 0 amide bonds. The Morgan fingerprint density at radius 1 is 0.596 bits per heavy atom. The third kappa shape index (κ3) is 15.9. The van der Waals surface area contributed by atoms with Crippen molar-refractivity contribution < 1.29 is 46.0 Å². The zero-order chi connectivity index (χ0) is 62.8. The van der Waals surface area contributed by atoms with E-state index in [1.807, 2.05) is 99.0 Å². The van der Waals surface area contributed by atoms with Gasteiger partial charge in [-0.15, -0.1) is 0 Å². The molecule has 89 heavy (non-hydrogen) atoms. The van der Waals surface area contributed by atoms with Crippen LogP contribution in [0.5, 0.6) is 11.8 Å². The summed E-state index contributed by atoms with van der Waals surface area (Å²) in [5.74, 6) is -5.80. The summed E-state index contributed by atoms with van der Waals surface area (Å²) in [6.07, 6.45) is 11.0. The molecule has 0 spiro atoms. The number of nitrogens with zero attached hydrogens (tertiary/aromatic N) is 10. The number of pyridine rings is 2. The van der Waals surface area contributed by atoms with E-state index < -0.39 is 34.9 Å². The van der Waals surface area contributed by atoms with Gasteiger partial charge in [0.15, 0.2) is 34.9 Å². The normalized spacial score (nSPS) is 19.2. The smallest absolute Gasteiger partial charge is 0.332 e. The lowest BCUT2D eigenvalue weighted by Crippen LogP contribution is -2.41. The van der Waals surface area contributed by atoms with Gasteiger partial charge in [0.1, 0.15) is 5.82 Å². The Balaban J connectivity index is 0.000000167. The number of hydrogen-bond donors (Lipinski definition) is 0. The Morgan fingerprint density at radius 2 is 1.09 bits per heavy atom. The van der Waals surface area contributed by atoms with Gasteiger partial charge in [-0.3, -0.25) is 27.9 Å². The monoisotopic (exact) mass is 1350 g/mol.